The Labute approximate surface area is 101 Å². The number of benzene rings is 1. The van der Waals surface area contributed by atoms with Gasteiger partial charge in [0.1, 0.15) is 0 Å². The standard InChI is InChI=1S/C13H18O4/c1-9(2)7-17-8-11-3-10(6-14)4-12(5-11)13(15)16/h3-5,9,14H,6-8H2,1-2H3,(H,15,16). The number of carboxylic acids is 1. The van der Waals surface area contributed by atoms with Crippen molar-refractivity contribution in [3.8, 4) is 0 Å². The second-order valence-corrected chi connectivity index (χ2v) is 4.41. The van der Waals surface area contributed by atoms with Gasteiger partial charge in [-0.1, -0.05) is 19.9 Å². The van der Waals surface area contributed by atoms with Gasteiger partial charge in [0.2, 0.25) is 0 Å². The van der Waals surface area contributed by atoms with Crippen LogP contribution in [0, 0.1) is 5.92 Å². The summed E-state index contributed by atoms with van der Waals surface area (Å²) in [6, 6.07) is 4.79. The summed E-state index contributed by atoms with van der Waals surface area (Å²) in [5, 5.41) is 18.0. The van der Waals surface area contributed by atoms with Crippen LogP contribution >= 0.6 is 0 Å². The van der Waals surface area contributed by atoms with E-state index in [2.05, 4.69) is 0 Å². The van der Waals surface area contributed by atoms with Gasteiger partial charge in [-0.05, 0) is 29.2 Å². The first-order valence-corrected chi connectivity index (χ1v) is 5.57. The molecule has 0 fully saturated rings. The van der Waals surface area contributed by atoms with Gasteiger partial charge in [-0.2, -0.15) is 0 Å². The van der Waals surface area contributed by atoms with Crippen LogP contribution in [-0.4, -0.2) is 22.8 Å². The Morgan fingerprint density at radius 2 is 1.94 bits per heavy atom. The van der Waals surface area contributed by atoms with Crippen LogP contribution in [0.15, 0.2) is 18.2 Å². The van der Waals surface area contributed by atoms with Crippen molar-refractivity contribution in [2.24, 2.45) is 5.92 Å². The minimum Gasteiger partial charge on any atom is -0.478 e. The van der Waals surface area contributed by atoms with Crippen LogP contribution in [0.1, 0.15) is 35.3 Å². The van der Waals surface area contributed by atoms with Crippen LogP contribution in [0.3, 0.4) is 0 Å². The molecule has 1 aromatic rings. The molecule has 0 bridgehead atoms. The SMILES string of the molecule is CC(C)COCc1cc(CO)cc(C(=O)O)c1. The van der Waals surface area contributed by atoms with Gasteiger partial charge in [0, 0.05) is 6.61 Å². The lowest BCUT2D eigenvalue weighted by Gasteiger charge is -2.09. The van der Waals surface area contributed by atoms with Crippen molar-refractivity contribution < 1.29 is 19.7 Å². The highest BCUT2D eigenvalue weighted by molar-refractivity contribution is 5.88. The third-order valence-electron chi connectivity index (χ3n) is 2.20. The fourth-order valence-corrected chi connectivity index (χ4v) is 1.47. The molecule has 0 spiro atoms. The molecule has 0 saturated carbocycles. The van der Waals surface area contributed by atoms with Crippen molar-refractivity contribution >= 4 is 5.97 Å². The van der Waals surface area contributed by atoms with Crippen molar-refractivity contribution in [3.05, 3.63) is 34.9 Å². The molecule has 0 saturated heterocycles. The second kappa shape index (κ2) is 6.37. The summed E-state index contributed by atoms with van der Waals surface area (Å²) in [6.45, 7) is 4.93. The number of aliphatic hydroxyl groups excluding tert-OH is 1. The normalized spacial score (nSPS) is 10.8. The molecular formula is C13H18O4. The van der Waals surface area contributed by atoms with E-state index in [1.54, 1.807) is 12.1 Å². The summed E-state index contributed by atoms with van der Waals surface area (Å²) in [5.41, 5.74) is 1.54. The summed E-state index contributed by atoms with van der Waals surface area (Å²) in [5.74, 6) is -0.555. The summed E-state index contributed by atoms with van der Waals surface area (Å²) in [6.07, 6.45) is 0. The number of hydrogen-bond donors (Lipinski definition) is 2. The van der Waals surface area contributed by atoms with E-state index in [0.29, 0.717) is 24.7 Å². The molecule has 0 unspecified atom stereocenters. The molecule has 1 aromatic carbocycles. The van der Waals surface area contributed by atoms with Crippen LogP contribution < -0.4 is 0 Å². The average molecular weight is 238 g/mol. The minimum absolute atomic E-state index is 0.168. The van der Waals surface area contributed by atoms with Crippen LogP contribution in [0.5, 0.6) is 0 Å². The molecule has 0 radical (unpaired) electrons. The summed E-state index contributed by atoms with van der Waals surface area (Å²) in [4.78, 5) is 10.9. The number of hydrogen-bond acceptors (Lipinski definition) is 3. The molecule has 94 valence electrons. The monoisotopic (exact) mass is 238 g/mol. The summed E-state index contributed by atoms with van der Waals surface area (Å²) < 4.78 is 5.44. The number of aromatic carboxylic acids is 1. The first-order chi connectivity index (χ1) is 8.02. The Bertz CT molecular complexity index is 385. The highest BCUT2D eigenvalue weighted by atomic mass is 16.5. The number of ether oxygens (including phenoxy) is 1. The largest absolute Gasteiger partial charge is 0.478 e. The molecule has 0 aliphatic carbocycles. The Morgan fingerprint density at radius 1 is 1.29 bits per heavy atom. The second-order valence-electron chi connectivity index (χ2n) is 4.41. The van der Waals surface area contributed by atoms with Crippen LogP contribution in [-0.2, 0) is 18.0 Å². The lowest BCUT2D eigenvalue weighted by atomic mass is 10.1. The van der Waals surface area contributed by atoms with Gasteiger partial charge in [0.25, 0.3) is 0 Å². The van der Waals surface area contributed by atoms with E-state index in [1.165, 1.54) is 6.07 Å². The average Bonchev–Trinajstić information content (AvgIpc) is 2.28. The molecule has 4 heteroatoms. The molecule has 0 aliphatic heterocycles. The lowest BCUT2D eigenvalue weighted by molar-refractivity contribution is 0.0695. The maximum Gasteiger partial charge on any atom is 0.335 e. The van der Waals surface area contributed by atoms with Gasteiger partial charge in [0.05, 0.1) is 18.8 Å². The highest BCUT2D eigenvalue weighted by Gasteiger charge is 2.07. The lowest BCUT2D eigenvalue weighted by Crippen LogP contribution is -2.04. The predicted octanol–water partition coefficient (Wildman–Crippen LogP) is 2.05. The van der Waals surface area contributed by atoms with Crippen LogP contribution in [0.4, 0.5) is 0 Å². The molecule has 2 N–H and O–H groups in total. The van der Waals surface area contributed by atoms with Gasteiger partial charge in [0.15, 0.2) is 0 Å². The van der Waals surface area contributed by atoms with E-state index in [4.69, 9.17) is 14.9 Å². The zero-order valence-corrected chi connectivity index (χ0v) is 10.1. The van der Waals surface area contributed by atoms with Gasteiger partial charge in [-0.25, -0.2) is 4.79 Å². The number of rotatable bonds is 6. The van der Waals surface area contributed by atoms with Crippen molar-refractivity contribution in [1.29, 1.82) is 0 Å². The Kier molecular flexibility index (Phi) is 5.12. The maximum absolute atomic E-state index is 10.9. The zero-order valence-electron chi connectivity index (χ0n) is 10.1. The third-order valence-corrected chi connectivity index (χ3v) is 2.20. The van der Waals surface area contributed by atoms with E-state index in [0.717, 1.165) is 5.56 Å². The molecule has 0 aromatic heterocycles. The topological polar surface area (TPSA) is 66.8 Å². The minimum atomic E-state index is -0.995. The van der Waals surface area contributed by atoms with Crippen LogP contribution in [0.25, 0.3) is 0 Å². The molecule has 1 rings (SSSR count). The molecule has 0 heterocycles. The van der Waals surface area contributed by atoms with E-state index in [1.807, 2.05) is 13.8 Å². The van der Waals surface area contributed by atoms with Crippen molar-refractivity contribution in [3.63, 3.8) is 0 Å². The fourth-order valence-electron chi connectivity index (χ4n) is 1.47. The quantitative estimate of drug-likeness (QED) is 0.796. The Hall–Kier alpha value is -1.39. The smallest absolute Gasteiger partial charge is 0.335 e. The van der Waals surface area contributed by atoms with E-state index < -0.39 is 5.97 Å². The first-order valence-electron chi connectivity index (χ1n) is 5.57. The number of carboxylic acid groups (broad SMARTS) is 1. The van der Waals surface area contributed by atoms with Gasteiger partial charge in [-0.3, -0.25) is 0 Å². The van der Waals surface area contributed by atoms with E-state index in [-0.39, 0.29) is 12.2 Å². The fraction of sp³-hybridized carbons (Fsp3) is 0.462. The molecule has 17 heavy (non-hydrogen) atoms. The zero-order chi connectivity index (χ0) is 12.8. The number of carbonyl (C=O) groups is 1. The highest BCUT2D eigenvalue weighted by Crippen LogP contribution is 2.12. The predicted molar refractivity (Wildman–Crippen MR) is 63.8 cm³/mol. The van der Waals surface area contributed by atoms with E-state index in [9.17, 15) is 4.79 Å². The molecular weight excluding hydrogens is 220 g/mol. The first kappa shape index (κ1) is 13.7. The van der Waals surface area contributed by atoms with Crippen LogP contribution in [0.2, 0.25) is 0 Å². The van der Waals surface area contributed by atoms with Crippen molar-refractivity contribution in [2.75, 3.05) is 6.61 Å². The molecule has 0 amide bonds. The molecule has 0 atom stereocenters. The Morgan fingerprint density at radius 3 is 2.47 bits per heavy atom. The van der Waals surface area contributed by atoms with Gasteiger partial charge < -0.3 is 14.9 Å². The molecule has 0 aliphatic rings. The van der Waals surface area contributed by atoms with Crippen molar-refractivity contribution in [1.82, 2.24) is 0 Å². The maximum atomic E-state index is 10.9. The number of aliphatic hydroxyl groups is 1. The Balaban J connectivity index is 2.76. The third kappa shape index (κ3) is 4.54. The summed E-state index contributed by atoms with van der Waals surface area (Å²) in [7, 11) is 0. The molecule has 4 nitrogen and oxygen atoms in total. The van der Waals surface area contributed by atoms with Gasteiger partial charge >= 0.3 is 5.97 Å². The summed E-state index contributed by atoms with van der Waals surface area (Å²) >= 11 is 0. The van der Waals surface area contributed by atoms with Crippen molar-refractivity contribution in [2.45, 2.75) is 27.1 Å². The van der Waals surface area contributed by atoms with Gasteiger partial charge in [-0.15, -0.1) is 0 Å². The van der Waals surface area contributed by atoms with E-state index >= 15 is 0 Å².